The lowest BCUT2D eigenvalue weighted by Gasteiger charge is -2.47. The van der Waals surface area contributed by atoms with Crippen molar-refractivity contribution >= 4 is 28.4 Å². The zero-order chi connectivity index (χ0) is 23.5. The Bertz CT molecular complexity index is 865. The number of aryl methyl sites for hydroxylation is 1. The highest BCUT2D eigenvalue weighted by Gasteiger charge is 2.39. The van der Waals surface area contributed by atoms with Gasteiger partial charge in [0.2, 0.25) is 0 Å². The molecule has 1 amide bonds. The molecule has 0 atom stereocenters. The van der Waals surface area contributed by atoms with Crippen molar-refractivity contribution in [2.24, 2.45) is 21.6 Å². The van der Waals surface area contributed by atoms with Crippen LogP contribution in [0.15, 0.2) is 21.2 Å². The van der Waals surface area contributed by atoms with Gasteiger partial charge in [-0.15, -0.1) is 0 Å². The van der Waals surface area contributed by atoms with Gasteiger partial charge in [-0.2, -0.15) is 0 Å². The molecule has 1 aromatic rings. The minimum atomic E-state index is -0.184. The quantitative estimate of drug-likeness (QED) is 0.525. The molecule has 2 N–H and O–H groups in total. The molecule has 0 radical (unpaired) electrons. The largest absolute Gasteiger partial charge is 0.396 e. The van der Waals surface area contributed by atoms with Gasteiger partial charge in [-0.3, -0.25) is 9.79 Å². The van der Waals surface area contributed by atoms with Gasteiger partial charge < -0.3 is 20.1 Å². The van der Waals surface area contributed by atoms with Crippen molar-refractivity contribution in [3.63, 3.8) is 0 Å². The first-order valence-electron chi connectivity index (χ1n) is 11.6. The molecule has 2 fully saturated rings. The molecular formula is C24H38ClN5O2. The zero-order valence-electron chi connectivity index (χ0n) is 20.2. The summed E-state index contributed by atoms with van der Waals surface area (Å²) in [4.78, 5) is 21.9. The minimum absolute atomic E-state index is 0.0978. The fourth-order valence-corrected chi connectivity index (χ4v) is 4.82. The third-order valence-electron chi connectivity index (χ3n) is 7.00. The Morgan fingerprint density at radius 1 is 1.22 bits per heavy atom. The Hall–Kier alpha value is -1.86. The lowest BCUT2D eigenvalue weighted by atomic mass is 9.71. The fourth-order valence-electron chi connectivity index (χ4n) is 4.63. The molecule has 2 aliphatic rings. The smallest absolute Gasteiger partial charge is 0.259 e. The van der Waals surface area contributed by atoms with Crippen LogP contribution in [0.4, 0.5) is 0 Å². The SMILES string of the molecule is CN=C(Cl)/C(C(=O)N1CCC2(CCN(CCC(C)(C)C)CC2)CC1)=C(\N)c1cc(C)on1. The maximum absolute atomic E-state index is 13.4. The standard InChI is InChI=1S/C24H38ClN5O2/c1-17-16-18(28-32-17)20(26)19(21(25)27-5)22(31)30-14-9-24(10-15-30)7-12-29(13-8-24)11-6-23(2,3)4/h16H,6-15,26H2,1-5H3/b20-19+,27-21?. The number of likely N-dealkylation sites (tertiary alicyclic amines) is 2. The van der Waals surface area contributed by atoms with Gasteiger partial charge in [0.05, 0.1) is 5.70 Å². The average Bonchev–Trinajstić information content (AvgIpc) is 3.19. The summed E-state index contributed by atoms with van der Waals surface area (Å²) in [6, 6.07) is 1.70. The van der Waals surface area contributed by atoms with Gasteiger partial charge >= 0.3 is 0 Å². The molecule has 32 heavy (non-hydrogen) atoms. The van der Waals surface area contributed by atoms with E-state index in [0.717, 1.165) is 25.9 Å². The number of halogens is 1. The van der Waals surface area contributed by atoms with Gasteiger partial charge in [-0.1, -0.05) is 37.5 Å². The Balaban J connectivity index is 1.63. The van der Waals surface area contributed by atoms with Crippen LogP contribution < -0.4 is 5.73 Å². The van der Waals surface area contributed by atoms with Crippen molar-refractivity contribution in [2.45, 2.75) is 59.8 Å². The van der Waals surface area contributed by atoms with Crippen LogP contribution in [0.25, 0.3) is 5.70 Å². The molecule has 7 nitrogen and oxygen atoms in total. The van der Waals surface area contributed by atoms with E-state index in [1.54, 1.807) is 20.0 Å². The zero-order valence-corrected chi connectivity index (χ0v) is 21.0. The van der Waals surface area contributed by atoms with E-state index in [1.165, 1.54) is 25.8 Å². The Labute approximate surface area is 197 Å². The number of rotatable bonds is 5. The van der Waals surface area contributed by atoms with Crippen molar-refractivity contribution in [3.05, 3.63) is 23.1 Å². The van der Waals surface area contributed by atoms with Crippen LogP contribution >= 0.6 is 11.6 Å². The minimum Gasteiger partial charge on any atom is -0.396 e. The average molecular weight is 464 g/mol. The van der Waals surface area contributed by atoms with Crippen molar-refractivity contribution < 1.29 is 9.32 Å². The summed E-state index contributed by atoms with van der Waals surface area (Å²) < 4.78 is 5.12. The summed E-state index contributed by atoms with van der Waals surface area (Å²) in [7, 11) is 1.55. The lowest BCUT2D eigenvalue weighted by molar-refractivity contribution is -0.129. The van der Waals surface area contributed by atoms with E-state index >= 15 is 0 Å². The molecule has 2 saturated heterocycles. The van der Waals surface area contributed by atoms with Crippen molar-refractivity contribution in [1.82, 2.24) is 15.0 Å². The Morgan fingerprint density at radius 3 is 2.31 bits per heavy atom. The van der Waals surface area contributed by atoms with Crippen molar-refractivity contribution in [2.75, 3.05) is 39.8 Å². The molecular weight excluding hydrogens is 426 g/mol. The molecule has 1 aromatic heterocycles. The summed E-state index contributed by atoms with van der Waals surface area (Å²) in [5.74, 6) is 0.435. The number of amides is 1. The second-order valence-electron chi connectivity index (χ2n) is 10.6. The van der Waals surface area contributed by atoms with E-state index in [-0.39, 0.29) is 22.3 Å². The normalized spacial score (nSPS) is 21.1. The molecule has 1 spiro atoms. The molecule has 8 heteroatoms. The molecule has 0 saturated carbocycles. The third-order valence-corrected chi connectivity index (χ3v) is 7.35. The van der Waals surface area contributed by atoms with Crippen LogP contribution in [0.5, 0.6) is 0 Å². The molecule has 3 rings (SSSR count). The van der Waals surface area contributed by atoms with E-state index < -0.39 is 0 Å². The summed E-state index contributed by atoms with van der Waals surface area (Å²) in [6.07, 6.45) is 5.67. The maximum atomic E-state index is 13.4. The highest BCUT2D eigenvalue weighted by molar-refractivity contribution is 6.73. The number of aliphatic imine (C=N–C) groups is 1. The van der Waals surface area contributed by atoms with Crippen LogP contribution in [0.3, 0.4) is 0 Å². The van der Waals surface area contributed by atoms with Gasteiger partial charge in [-0.05, 0) is 69.5 Å². The third kappa shape index (κ3) is 5.93. The van der Waals surface area contributed by atoms with E-state index in [4.69, 9.17) is 21.9 Å². The summed E-state index contributed by atoms with van der Waals surface area (Å²) in [6.45, 7) is 13.6. The summed E-state index contributed by atoms with van der Waals surface area (Å²) >= 11 is 6.32. The van der Waals surface area contributed by atoms with Crippen molar-refractivity contribution in [1.29, 1.82) is 0 Å². The molecule has 0 bridgehead atoms. The topological polar surface area (TPSA) is 88.0 Å². The second-order valence-corrected chi connectivity index (χ2v) is 10.9. The van der Waals surface area contributed by atoms with Gasteiger partial charge in [0, 0.05) is 26.2 Å². The highest BCUT2D eigenvalue weighted by atomic mass is 35.5. The Morgan fingerprint density at radius 2 is 1.81 bits per heavy atom. The van der Waals surface area contributed by atoms with E-state index in [2.05, 4.69) is 35.8 Å². The molecule has 0 unspecified atom stereocenters. The number of piperidine rings is 2. The number of nitrogens with two attached hydrogens (primary N) is 1. The van der Waals surface area contributed by atoms with Gasteiger partial charge in [0.25, 0.3) is 5.91 Å². The van der Waals surface area contributed by atoms with Crippen LogP contribution in [0.1, 0.15) is 64.3 Å². The van der Waals surface area contributed by atoms with E-state index in [0.29, 0.717) is 35.4 Å². The monoisotopic (exact) mass is 463 g/mol. The number of carbonyl (C=O) groups excluding carboxylic acids is 1. The van der Waals surface area contributed by atoms with E-state index in [1.807, 2.05) is 4.90 Å². The van der Waals surface area contributed by atoms with Gasteiger partial charge in [-0.25, -0.2) is 0 Å². The Kier molecular flexibility index (Phi) is 7.71. The predicted molar refractivity (Wildman–Crippen MR) is 130 cm³/mol. The number of nitrogens with zero attached hydrogens (tertiary/aromatic N) is 4. The second kappa shape index (κ2) is 9.96. The molecule has 0 aliphatic carbocycles. The fraction of sp³-hybridized carbons (Fsp3) is 0.708. The van der Waals surface area contributed by atoms with E-state index in [9.17, 15) is 4.79 Å². The lowest BCUT2D eigenvalue weighted by Crippen LogP contribution is -2.49. The molecule has 0 aromatic carbocycles. The van der Waals surface area contributed by atoms with Crippen molar-refractivity contribution in [3.8, 4) is 0 Å². The summed E-state index contributed by atoms with van der Waals surface area (Å²) in [5.41, 5.74) is 7.82. The number of aromatic nitrogens is 1. The van der Waals surface area contributed by atoms with Gasteiger partial charge in [0.15, 0.2) is 0 Å². The number of hydrogen-bond donors (Lipinski definition) is 1. The van der Waals surface area contributed by atoms with Crippen LogP contribution in [0.2, 0.25) is 0 Å². The first-order valence-corrected chi connectivity index (χ1v) is 12.0. The first-order chi connectivity index (χ1) is 15.0. The molecule has 2 aliphatic heterocycles. The molecule has 178 valence electrons. The summed E-state index contributed by atoms with van der Waals surface area (Å²) in [5, 5.41) is 4.04. The number of hydrogen-bond acceptors (Lipinski definition) is 6. The highest BCUT2D eigenvalue weighted by Crippen LogP contribution is 2.42. The van der Waals surface area contributed by atoms with Crippen LogP contribution in [-0.2, 0) is 4.79 Å². The first kappa shape index (κ1) is 24.8. The predicted octanol–water partition coefficient (Wildman–Crippen LogP) is 4.06. The van der Waals surface area contributed by atoms with Gasteiger partial charge in [0.1, 0.15) is 22.2 Å². The van der Waals surface area contributed by atoms with Crippen LogP contribution in [-0.4, -0.2) is 65.8 Å². The number of carbonyl (C=O) groups is 1. The van der Waals surface area contributed by atoms with Crippen LogP contribution in [0, 0.1) is 17.8 Å². The molecule has 3 heterocycles. The maximum Gasteiger partial charge on any atom is 0.259 e.